The van der Waals surface area contributed by atoms with Crippen LogP contribution in [0.1, 0.15) is 82.1 Å². The topological polar surface area (TPSA) is 120 Å². The van der Waals surface area contributed by atoms with Gasteiger partial charge in [0.25, 0.3) is 0 Å². The molecule has 0 amide bonds. The van der Waals surface area contributed by atoms with E-state index in [1.165, 1.54) is 33.6 Å². The minimum absolute atomic E-state index is 0.312. The van der Waals surface area contributed by atoms with Gasteiger partial charge in [0.15, 0.2) is 16.8 Å². The van der Waals surface area contributed by atoms with Crippen LogP contribution in [-0.2, 0) is 5.41 Å². The lowest BCUT2D eigenvalue weighted by Crippen LogP contribution is -2.16. The van der Waals surface area contributed by atoms with Crippen LogP contribution in [0.15, 0.2) is 77.0 Å². The van der Waals surface area contributed by atoms with Crippen LogP contribution in [0, 0.1) is 73.6 Å². The van der Waals surface area contributed by atoms with Gasteiger partial charge in [-0.25, -0.2) is 15.0 Å². The lowest BCUT2D eigenvalue weighted by Gasteiger charge is -2.28. The second kappa shape index (κ2) is 15.4. The van der Waals surface area contributed by atoms with E-state index < -0.39 is 5.41 Å². The van der Waals surface area contributed by atoms with Gasteiger partial charge in [0, 0.05) is 11.1 Å². The van der Waals surface area contributed by atoms with Crippen molar-refractivity contribution in [3.63, 3.8) is 0 Å². The molecule has 4 aromatic heterocycles. The third-order valence-corrected chi connectivity index (χ3v) is 13.4. The summed E-state index contributed by atoms with van der Waals surface area (Å²) in [5.41, 5.74) is 15.0. The summed E-state index contributed by atoms with van der Waals surface area (Å²) < 4.78 is 3.76. The number of fused-ring (bicyclic) bond motifs is 2. The molecule has 302 valence electrons. The number of nitrogens with one attached hydrogen (secondary N) is 1. The summed E-state index contributed by atoms with van der Waals surface area (Å²) in [6.07, 6.45) is 0. The molecular weight excluding hydrogens is 781 g/mol. The number of hydrogen-bond donors (Lipinski definition) is 1. The van der Waals surface area contributed by atoms with Gasteiger partial charge < -0.3 is 5.32 Å². The van der Waals surface area contributed by atoms with Crippen LogP contribution in [-0.4, -0.2) is 24.7 Å². The average Bonchev–Trinajstić information content (AvgIpc) is 3.94. The van der Waals surface area contributed by atoms with Crippen LogP contribution in [0.4, 0.5) is 39.6 Å². The molecule has 12 heteroatoms. The number of pyridine rings is 1. The maximum Gasteiger partial charge on any atom is 0.213 e. The Morgan fingerprint density at radius 2 is 1.30 bits per heavy atom. The Balaban J connectivity index is 1.38. The molecular formula is C48H48N10S2. The van der Waals surface area contributed by atoms with Gasteiger partial charge in [-0.05, 0) is 143 Å². The molecule has 1 N–H and O–H groups in total. The van der Waals surface area contributed by atoms with Gasteiger partial charge in [0.05, 0.1) is 31.8 Å². The first-order chi connectivity index (χ1) is 28.5. The zero-order valence-corrected chi connectivity index (χ0v) is 37.8. The van der Waals surface area contributed by atoms with Gasteiger partial charge in [-0.1, -0.05) is 79.8 Å². The molecule has 0 saturated carbocycles. The number of para-hydroxylation sites is 2. The van der Waals surface area contributed by atoms with Crippen molar-refractivity contribution in [3.8, 4) is 11.2 Å². The first kappa shape index (κ1) is 40.5. The van der Waals surface area contributed by atoms with Crippen molar-refractivity contribution >= 4 is 82.8 Å². The van der Waals surface area contributed by atoms with E-state index in [0.29, 0.717) is 39.5 Å². The van der Waals surface area contributed by atoms with Gasteiger partial charge in [-0.3, -0.25) is 4.90 Å². The number of aromatic nitrogens is 5. The molecule has 60 heavy (non-hydrogen) atoms. The highest BCUT2D eigenvalue weighted by Crippen LogP contribution is 2.46. The molecule has 0 spiro atoms. The highest BCUT2D eigenvalue weighted by Gasteiger charge is 2.30. The molecule has 0 saturated heterocycles. The standard InChI is InChI=1S/C48H48N10S2/c1-25-21-27(3)40(32(8)30(25)6)53-44-41(54-55-45-34(24-49)43(48(10,11)12)56-58(45)47-51-36-18-14-16-20-38(36)60-47)28(4)23-39(52-44)57(42-29(5)22-26(2)31(7)33(42)9)46-50-35-17-13-15-19-37(35)59-46/h13-23H,1-12H3,(H,52,53)/b55-54+. The second-order valence-electron chi connectivity index (χ2n) is 16.6. The smallest absolute Gasteiger partial charge is 0.213 e. The van der Waals surface area contributed by atoms with Crippen molar-refractivity contribution in [2.75, 3.05) is 10.2 Å². The maximum absolute atomic E-state index is 10.7. The predicted octanol–water partition coefficient (Wildman–Crippen LogP) is 14.1. The summed E-state index contributed by atoms with van der Waals surface area (Å²) in [6, 6.07) is 25.1. The van der Waals surface area contributed by atoms with Gasteiger partial charge >= 0.3 is 0 Å². The van der Waals surface area contributed by atoms with Gasteiger partial charge in [-0.15, -0.1) is 10.2 Å². The first-order valence-corrected chi connectivity index (χ1v) is 21.6. The van der Waals surface area contributed by atoms with Crippen LogP contribution in [0.3, 0.4) is 0 Å². The number of benzene rings is 4. The Morgan fingerprint density at radius 1 is 0.683 bits per heavy atom. The number of thiazole rings is 2. The highest BCUT2D eigenvalue weighted by atomic mass is 32.1. The lowest BCUT2D eigenvalue weighted by atomic mass is 9.90. The zero-order valence-electron chi connectivity index (χ0n) is 36.2. The number of nitrogens with zero attached hydrogens (tertiary/aromatic N) is 9. The Kier molecular flexibility index (Phi) is 10.4. The maximum atomic E-state index is 10.7. The molecule has 0 aliphatic carbocycles. The summed E-state index contributed by atoms with van der Waals surface area (Å²) in [4.78, 5) is 17.7. The van der Waals surface area contributed by atoms with Crippen molar-refractivity contribution in [2.45, 2.75) is 88.5 Å². The molecule has 0 unspecified atom stereocenters. The number of hydrogen-bond acceptors (Lipinski definition) is 11. The first-order valence-electron chi connectivity index (χ1n) is 20.0. The van der Waals surface area contributed by atoms with Crippen molar-refractivity contribution < 1.29 is 0 Å². The lowest BCUT2D eigenvalue weighted by molar-refractivity contribution is 0.559. The minimum Gasteiger partial charge on any atom is -0.338 e. The van der Waals surface area contributed by atoms with E-state index >= 15 is 0 Å². The highest BCUT2D eigenvalue weighted by molar-refractivity contribution is 7.22. The van der Waals surface area contributed by atoms with Crippen LogP contribution in [0.25, 0.3) is 25.6 Å². The van der Waals surface area contributed by atoms with Crippen molar-refractivity contribution in [1.29, 1.82) is 5.26 Å². The summed E-state index contributed by atoms with van der Waals surface area (Å²) in [5, 5.41) is 30.7. The van der Waals surface area contributed by atoms with Crippen molar-refractivity contribution in [3.05, 3.63) is 128 Å². The summed E-state index contributed by atoms with van der Waals surface area (Å²) >= 11 is 3.13. The van der Waals surface area contributed by atoms with E-state index in [9.17, 15) is 5.26 Å². The number of aryl methyl sites for hydroxylation is 5. The zero-order chi connectivity index (χ0) is 42.8. The molecule has 0 atom stereocenters. The largest absolute Gasteiger partial charge is 0.338 e. The SMILES string of the molecule is Cc1cc(C)c(Nc2nc(N(c3nc4ccccc4s3)c3c(C)cc(C)c(C)c3C)cc(C)c2/N=N/c2c(C#N)c(C(C)(C)C)nn2-c2nc3ccccc3s2)c(C)c1C. The average molecular weight is 829 g/mol. The fraction of sp³-hybridized carbons (Fsp3) is 0.271. The van der Waals surface area contributed by atoms with E-state index in [-0.39, 0.29) is 0 Å². The second-order valence-corrected chi connectivity index (χ2v) is 18.7. The van der Waals surface area contributed by atoms with Gasteiger partial charge in [-0.2, -0.15) is 15.0 Å². The van der Waals surface area contributed by atoms with Crippen LogP contribution < -0.4 is 10.2 Å². The van der Waals surface area contributed by atoms with E-state index in [1.807, 2.05) is 70.2 Å². The quantitative estimate of drug-likeness (QED) is 0.151. The monoisotopic (exact) mass is 828 g/mol. The molecule has 0 radical (unpaired) electrons. The van der Waals surface area contributed by atoms with Crippen LogP contribution in [0.2, 0.25) is 0 Å². The molecule has 8 aromatic rings. The normalized spacial score (nSPS) is 11.9. The summed E-state index contributed by atoms with van der Waals surface area (Å²) in [5.74, 6) is 1.52. The third kappa shape index (κ3) is 7.11. The van der Waals surface area contributed by atoms with E-state index in [4.69, 9.17) is 30.3 Å². The molecule has 8 rings (SSSR count). The van der Waals surface area contributed by atoms with E-state index in [1.54, 1.807) is 16.0 Å². The summed E-state index contributed by atoms with van der Waals surface area (Å²) in [6.45, 7) is 25.3. The molecule has 4 heterocycles. The fourth-order valence-corrected chi connectivity index (χ4v) is 9.66. The molecule has 0 aliphatic heterocycles. The predicted molar refractivity (Wildman–Crippen MR) is 249 cm³/mol. The Labute approximate surface area is 359 Å². The molecule has 10 nitrogen and oxygen atoms in total. The summed E-state index contributed by atoms with van der Waals surface area (Å²) in [7, 11) is 0. The fourth-order valence-electron chi connectivity index (χ4n) is 7.76. The molecule has 0 fully saturated rings. The molecule has 4 aromatic carbocycles. The number of azo groups is 1. The molecule has 0 bridgehead atoms. The number of nitriles is 1. The number of rotatable bonds is 8. The Bertz CT molecular complexity index is 3010. The Morgan fingerprint density at radius 3 is 1.93 bits per heavy atom. The molecule has 0 aliphatic rings. The third-order valence-electron chi connectivity index (χ3n) is 11.4. The van der Waals surface area contributed by atoms with Gasteiger partial charge in [0.2, 0.25) is 5.13 Å². The van der Waals surface area contributed by atoms with E-state index in [0.717, 1.165) is 64.8 Å². The Hall–Kier alpha value is -6.29. The van der Waals surface area contributed by atoms with Crippen LogP contribution >= 0.6 is 22.7 Å². The van der Waals surface area contributed by atoms with Crippen LogP contribution in [0.5, 0.6) is 0 Å². The minimum atomic E-state index is -0.448. The number of anilines is 5. The van der Waals surface area contributed by atoms with Crippen molar-refractivity contribution in [1.82, 2.24) is 24.7 Å². The van der Waals surface area contributed by atoms with Gasteiger partial charge in [0.1, 0.15) is 23.1 Å². The van der Waals surface area contributed by atoms with E-state index in [2.05, 4.69) is 95.9 Å². The van der Waals surface area contributed by atoms with Crippen molar-refractivity contribution in [2.24, 2.45) is 10.2 Å².